The number of esters is 1. The summed E-state index contributed by atoms with van der Waals surface area (Å²) in [6.45, 7) is 4.29. The number of nitrogens with zero attached hydrogens (tertiary/aromatic N) is 3. The van der Waals surface area contributed by atoms with E-state index in [1.54, 1.807) is 30.8 Å². The molecule has 0 N–H and O–H groups in total. The lowest BCUT2D eigenvalue weighted by molar-refractivity contribution is 0.0517. The first-order valence-electron chi connectivity index (χ1n) is 10.9. The van der Waals surface area contributed by atoms with E-state index in [0.717, 1.165) is 23.4 Å². The van der Waals surface area contributed by atoms with Crippen molar-refractivity contribution in [2.45, 2.75) is 38.1 Å². The van der Waals surface area contributed by atoms with Gasteiger partial charge in [-0.2, -0.15) is 9.40 Å². The molecule has 0 unspecified atom stereocenters. The van der Waals surface area contributed by atoms with E-state index in [9.17, 15) is 13.2 Å². The third-order valence-electron chi connectivity index (χ3n) is 5.78. The Kier molecular flexibility index (Phi) is 6.53. The van der Waals surface area contributed by atoms with Gasteiger partial charge in [-0.3, -0.25) is 0 Å². The van der Waals surface area contributed by atoms with Crippen LogP contribution in [0.1, 0.15) is 41.2 Å². The summed E-state index contributed by atoms with van der Waals surface area (Å²) in [5.41, 5.74) is 3.35. The number of rotatable bonds is 7. The highest BCUT2D eigenvalue weighted by Gasteiger charge is 2.34. The normalized spacial score (nSPS) is 14.0. The summed E-state index contributed by atoms with van der Waals surface area (Å²) in [6, 6.07) is 14.2. The molecule has 0 aliphatic carbocycles. The summed E-state index contributed by atoms with van der Waals surface area (Å²) in [5, 5.41) is 4.53. The molecule has 3 aromatic rings. The number of ether oxygens (including phenoxy) is 2. The molecule has 2 heterocycles. The van der Waals surface area contributed by atoms with E-state index in [1.165, 1.54) is 4.31 Å². The van der Waals surface area contributed by atoms with Crippen LogP contribution in [0.25, 0.3) is 5.69 Å². The Hall–Kier alpha value is -3.17. The van der Waals surface area contributed by atoms with Gasteiger partial charge in [0, 0.05) is 25.1 Å². The van der Waals surface area contributed by atoms with Crippen LogP contribution in [0.5, 0.6) is 5.75 Å². The highest BCUT2D eigenvalue weighted by Crippen LogP contribution is 2.30. The van der Waals surface area contributed by atoms with E-state index in [0.29, 0.717) is 17.7 Å². The van der Waals surface area contributed by atoms with Crippen molar-refractivity contribution in [3.63, 3.8) is 0 Å². The number of hydrogen-bond donors (Lipinski definition) is 0. The lowest BCUT2D eigenvalue weighted by Crippen LogP contribution is -2.36. The molecule has 8 nitrogen and oxygen atoms in total. The average molecular weight is 470 g/mol. The van der Waals surface area contributed by atoms with Gasteiger partial charge in [-0.15, -0.1) is 0 Å². The van der Waals surface area contributed by atoms with E-state index in [1.807, 2.05) is 43.3 Å². The van der Waals surface area contributed by atoms with Crippen LogP contribution in [0.15, 0.2) is 53.4 Å². The topological polar surface area (TPSA) is 90.7 Å². The Bertz CT molecular complexity index is 1250. The molecule has 0 bridgehead atoms. The molecule has 0 saturated carbocycles. The van der Waals surface area contributed by atoms with Crippen LogP contribution in [-0.2, 0) is 34.1 Å². The van der Waals surface area contributed by atoms with Crippen molar-refractivity contribution in [3.8, 4) is 11.4 Å². The maximum Gasteiger partial charge on any atom is 0.359 e. The Morgan fingerprint density at radius 1 is 1.06 bits per heavy atom. The molecule has 1 aliphatic heterocycles. The molecule has 1 aliphatic rings. The SMILES string of the molecule is CCOC(=O)c1nn(-c2ccc(OC)cc2)c2c1CN(S(=O)(=O)c1ccc(CC)cc1)CC2. The molecular weight excluding hydrogens is 442 g/mol. The monoisotopic (exact) mass is 469 g/mol. The van der Waals surface area contributed by atoms with Gasteiger partial charge in [0.15, 0.2) is 5.69 Å². The maximum absolute atomic E-state index is 13.3. The van der Waals surface area contributed by atoms with E-state index in [-0.39, 0.29) is 30.3 Å². The summed E-state index contributed by atoms with van der Waals surface area (Å²) < 4.78 is 40.2. The molecule has 0 fully saturated rings. The second kappa shape index (κ2) is 9.36. The van der Waals surface area contributed by atoms with Crippen LogP contribution in [0.4, 0.5) is 0 Å². The van der Waals surface area contributed by atoms with Gasteiger partial charge in [-0.1, -0.05) is 19.1 Å². The number of aromatic nitrogens is 2. The molecule has 0 radical (unpaired) electrons. The predicted molar refractivity (Wildman–Crippen MR) is 123 cm³/mol. The number of hydrogen-bond acceptors (Lipinski definition) is 6. The van der Waals surface area contributed by atoms with Crippen molar-refractivity contribution in [2.24, 2.45) is 0 Å². The van der Waals surface area contributed by atoms with Gasteiger partial charge in [0.05, 0.1) is 30.0 Å². The smallest absolute Gasteiger partial charge is 0.359 e. The summed E-state index contributed by atoms with van der Waals surface area (Å²) in [7, 11) is -2.13. The lowest BCUT2D eigenvalue weighted by Gasteiger charge is -2.27. The Morgan fingerprint density at radius 2 is 1.76 bits per heavy atom. The van der Waals surface area contributed by atoms with Gasteiger partial charge in [0.25, 0.3) is 0 Å². The van der Waals surface area contributed by atoms with Gasteiger partial charge in [-0.25, -0.2) is 17.9 Å². The van der Waals surface area contributed by atoms with E-state index in [4.69, 9.17) is 9.47 Å². The molecule has 4 rings (SSSR count). The molecular formula is C24H27N3O5S. The van der Waals surface area contributed by atoms with Gasteiger partial charge in [-0.05, 0) is 55.3 Å². The quantitative estimate of drug-likeness (QED) is 0.493. The molecule has 1 aromatic heterocycles. The first-order valence-corrected chi connectivity index (χ1v) is 12.3. The number of carbonyl (C=O) groups is 1. The summed E-state index contributed by atoms with van der Waals surface area (Å²) in [6.07, 6.45) is 1.25. The summed E-state index contributed by atoms with van der Waals surface area (Å²) >= 11 is 0. The van der Waals surface area contributed by atoms with E-state index < -0.39 is 16.0 Å². The number of benzene rings is 2. The Balaban J connectivity index is 1.73. The van der Waals surface area contributed by atoms with Crippen LogP contribution in [0.2, 0.25) is 0 Å². The third kappa shape index (κ3) is 4.38. The van der Waals surface area contributed by atoms with Crippen LogP contribution in [-0.4, -0.2) is 48.7 Å². The fourth-order valence-corrected chi connectivity index (χ4v) is 5.35. The first kappa shape index (κ1) is 23.0. The van der Waals surface area contributed by atoms with Crippen molar-refractivity contribution in [1.29, 1.82) is 0 Å². The van der Waals surface area contributed by atoms with E-state index in [2.05, 4.69) is 5.10 Å². The van der Waals surface area contributed by atoms with Crippen LogP contribution < -0.4 is 4.74 Å². The highest BCUT2D eigenvalue weighted by molar-refractivity contribution is 7.89. The zero-order chi connectivity index (χ0) is 23.6. The van der Waals surface area contributed by atoms with Crippen molar-refractivity contribution < 1.29 is 22.7 Å². The largest absolute Gasteiger partial charge is 0.497 e. The Labute approximate surface area is 193 Å². The van der Waals surface area contributed by atoms with Gasteiger partial charge in [0.1, 0.15) is 5.75 Å². The molecule has 33 heavy (non-hydrogen) atoms. The van der Waals surface area contributed by atoms with Crippen molar-refractivity contribution in [1.82, 2.24) is 14.1 Å². The number of carbonyl (C=O) groups excluding carboxylic acids is 1. The van der Waals surface area contributed by atoms with Crippen LogP contribution in [0.3, 0.4) is 0 Å². The molecule has 0 atom stereocenters. The maximum atomic E-state index is 13.3. The molecule has 2 aromatic carbocycles. The first-order chi connectivity index (χ1) is 15.9. The fourth-order valence-electron chi connectivity index (χ4n) is 3.95. The second-order valence-electron chi connectivity index (χ2n) is 7.69. The molecule has 0 amide bonds. The number of fused-ring (bicyclic) bond motifs is 1. The molecule has 0 saturated heterocycles. The number of methoxy groups -OCH3 is 1. The number of aryl methyl sites for hydroxylation is 1. The summed E-state index contributed by atoms with van der Waals surface area (Å²) in [4.78, 5) is 12.9. The average Bonchev–Trinajstić information content (AvgIpc) is 3.23. The van der Waals surface area contributed by atoms with Crippen molar-refractivity contribution in [3.05, 3.63) is 71.0 Å². The van der Waals surface area contributed by atoms with E-state index >= 15 is 0 Å². The molecule has 9 heteroatoms. The Morgan fingerprint density at radius 3 is 2.36 bits per heavy atom. The minimum atomic E-state index is -3.72. The number of sulfonamides is 1. The van der Waals surface area contributed by atoms with Crippen molar-refractivity contribution >= 4 is 16.0 Å². The minimum absolute atomic E-state index is 0.0531. The minimum Gasteiger partial charge on any atom is -0.497 e. The third-order valence-corrected chi connectivity index (χ3v) is 7.64. The van der Waals surface area contributed by atoms with Crippen molar-refractivity contribution in [2.75, 3.05) is 20.3 Å². The van der Waals surface area contributed by atoms with Crippen LogP contribution in [0, 0.1) is 0 Å². The van der Waals surface area contributed by atoms with Gasteiger partial charge < -0.3 is 9.47 Å². The van der Waals surface area contributed by atoms with Crippen LogP contribution >= 0.6 is 0 Å². The predicted octanol–water partition coefficient (Wildman–Crippen LogP) is 3.37. The van der Waals surface area contributed by atoms with Gasteiger partial charge in [0.2, 0.25) is 10.0 Å². The standard InChI is InChI=1S/C24H27N3O5S/c1-4-17-6-12-20(13-7-17)33(29,30)26-15-14-22-21(16-26)23(24(28)32-5-2)25-27(22)18-8-10-19(31-3)11-9-18/h6-13H,4-5,14-16H2,1-3H3. The zero-order valence-corrected chi connectivity index (χ0v) is 19.8. The lowest BCUT2D eigenvalue weighted by atomic mass is 10.1. The molecule has 174 valence electrons. The molecule has 0 spiro atoms. The summed E-state index contributed by atoms with van der Waals surface area (Å²) in [5.74, 6) is 0.143. The second-order valence-corrected chi connectivity index (χ2v) is 9.63. The van der Waals surface area contributed by atoms with Gasteiger partial charge >= 0.3 is 5.97 Å². The fraction of sp³-hybridized carbons (Fsp3) is 0.333. The zero-order valence-electron chi connectivity index (χ0n) is 18.9. The highest BCUT2D eigenvalue weighted by atomic mass is 32.2.